The Morgan fingerprint density at radius 1 is 1.00 bits per heavy atom. The van der Waals surface area contributed by atoms with Crippen LogP contribution in [0.15, 0.2) is 60.8 Å². The second-order valence-corrected chi connectivity index (χ2v) is 6.28. The maximum Gasteiger partial charge on any atom is 0.274 e. The number of pyridine rings is 1. The van der Waals surface area contributed by atoms with Gasteiger partial charge in [0.05, 0.1) is 6.61 Å². The molecule has 0 aliphatic carbocycles. The standard InChI is InChI=1S/C22H23N3O2/c1-4-27-19-9-7-17(8-10-19)24-18-11-12-23-21(14-18)22(26)25-20-13-15(2)5-6-16(20)3/h5-14H,4H2,1-3H3,(H,23,24)(H,25,26). The summed E-state index contributed by atoms with van der Waals surface area (Å²) in [7, 11) is 0. The summed E-state index contributed by atoms with van der Waals surface area (Å²) in [6.07, 6.45) is 1.62. The lowest BCUT2D eigenvalue weighted by Gasteiger charge is -2.11. The predicted molar refractivity (Wildman–Crippen MR) is 109 cm³/mol. The molecule has 0 atom stereocenters. The Bertz CT molecular complexity index is 937. The van der Waals surface area contributed by atoms with Crippen molar-refractivity contribution in [3.8, 4) is 5.75 Å². The Kier molecular flexibility index (Phi) is 5.71. The van der Waals surface area contributed by atoms with Gasteiger partial charge in [0.25, 0.3) is 5.91 Å². The van der Waals surface area contributed by atoms with Gasteiger partial charge in [-0.1, -0.05) is 12.1 Å². The number of carbonyl (C=O) groups is 1. The molecule has 5 nitrogen and oxygen atoms in total. The lowest BCUT2D eigenvalue weighted by molar-refractivity contribution is 0.102. The number of hydrogen-bond donors (Lipinski definition) is 2. The molecule has 2 N–H and O–H groups in total. The summed E-state index contributed by atoms with van der Waals surface area (Å²) in [5.74, 6) is 0.588. The zero-order valence-electron chi connectivity index (χ0n) is 15.7. The quantitative estimate of drug-likeness (QED) is 0.642. The van der Waals surface area contributed by atoms with E-state index in [0.717, 1.165) is 33.9 Å². The van der Waals surface area contributed by atoms with Gasteiger partial charge < -0.3 is 15.4 Å². The van der Waals surface area contributed by atoms with Gasteiger partial charge in [0, 0.05) is 23.3 Å². The molecule has 1 heterocycles. The van der Waals surface area contributed by atoms with Gasteiger partial charge in [-0.15, -0.1) is 0 Å². The highest BCUT2D eigenvalue weighted by atomic mass is 16.5. The van der Waals surface area contributed by atoms with Gasteiger partial charge in [0.2, 0.25) is 0 Å². The van der Waals surface area contributed by atoms with Crippen molar-refractivity contribution in [3.05, 3.63) is 77.6 Å². The van der Waals surface area contributed by atoms with Crippen molar-refractivity contribution in [2.75, 3.05) is 17.2 Å². The SMILES string of the molecule is CCOc1ccc(Nc2ccnc(C(=O)Nc3cc(C)ccc3C)c2)cc1. The zero-order valence-corrected chi connectivity index (χ0v) is 15.7. The first-order valence-corrected chi connectivity index (χ1v) is 8.89. The average Bonchev–Trinajstić information content (AvgIpc) is 2.67. The fourth-order valence-corrected chi connectivity index (χ4v) is 2.66. The normalized spacial score (nSPS) is 10.3. The molecular weight excluding hydrogens is 338 g/mol. The van der Waals surface area contributed by atoms with Gasteiger partial charge in [0.15, 0.2) is 0 Å². The Labute approximate surface area is 159 Å². The Morgan fingerprint density at radius 3 is 2.52 bits per heavy atom. The van der Waals surface area contributed by atoms with Gasteiger partial charge >= 0.3 is 0 Å². The van der Waals surface area contributed by atoms with Crippen LogP contribution in [0.3, 0.4) is 0 Å². The van der Waals surface area contributed by atoms with Crippen molar-refractivity contribution in [1.29, 1.82) is 0 Å². The summed E-state index contributed by atoms with van der Waals surface area (Å²) in [6.45, 7) is 6.55. The van der Waals surface area contributed by atoms with Crippen molar-refractivity contribution >= 4 is 23.0 Å². The minimum Gasteiger partial charge on any atom is -0.494 e. The number of nitrogens with one attached hydrogen (secondary N) is 2. The highest BCUT2D eigenvalue weighted by Gasteiger charge is 2.10. The van der Waals surface area contributed by atoms with Crippen molar-refractivity contribution in [2.24, 2.45) is 0 Å². The van der Waals surface area contributed by atoms with E-state index < -0.39 is 0 Å². The molecule has 0 fully saturated rings. The van der Waals surface area contributed by atoms with Crippen LogP contribution in [0.5, 0.6) is 5.75 Å². The first-order chi connectivity index (χ1) is 13.0. The van der Waals surface area contributed by atoms with Crippen LogP contribution in [0.2, 0.25) is 0 Å². The van der Waals surface area contributed by atoms with E-state index in [9.17, 15) is 4.79 Å². The molecule has 0 aliphatic rings. The van der Waals surface area contributed by atoms with Gasteiger partial charge in [-0.05, 0) is 74.4 Å². The number of aryl methyl sites for hydroxylation is 2. The van der Waals surface area contributed by atoms with Crippen LogP contribution in [0, 0.1) is 13.8 Å². The van der Waals surface area contributed by atoms with Crippen molar-refractivity contribution in [2.45, 2.75) is 20.8 Å². The molecule has 5 heteroatoms. The van der Waals surface area contributed by atoms with E-state index in [1.165, 1.54) is 0 Å². The maximum atomic E-state index is 12.6. The number of rotatable bonds is 6. The molecule has 0 saturated carbocycles. The molecule has 3 aromatic rings. The fourth-order valence-electron chi connectivity index (χ4n) is 2.66. The molecule has 0 radical (unpaired) electrons. The molecule has 0 spiro atoms. The molecule has 0 aliphatic heterocycles. The number of aromatic nitrogens is 1. The highest BCUT2D eigenvalue weighted by molar-refractivity contribution is 6.03. The zero-order chi connectivity index (χ0) is 19.2. The van der Waals surface area contributed by atoms with Gasteiger partial charge in [-0.3, -0.25) is 9.78 Å². The first kappa shape index (κ1) is 18.5. The van der Waals surface area contributed by atoms with E-state index >= 15 is 0 Å². The summed E-state index contributed by atoms with van der Waals surface area (Å²) in [4.78, 5) is 16.8. The van der Waals surface area contributed by atoms with Crippen molar-refractivity contribution in [1.82, 2.24) is 4.98 Å². The summed E-state index contributed by atoms with van der Waals surface area (Å²) >= 11 is 0. The molecule has 1 aromatic heterocycles. The van der Waals surface area contributed by atoms with Crippen LogP contribution in [0.4, 0.5) is 17.1 Å². The summed E-state index contributed by atoms with van der Waals surface area (Å²) in [5.41, 5.74) is 4.96. The minimum absolute atomic E-state index is 0.237. The third-order valence-electron chi connectivity index (χ3n) is 4.09. The number of nitrogens with zero attached hydrogens (tertiary/aromatic N) is 1. The first-order valence-electron chi connectivity index (χ1n) is 8.89. The number of benzene rings is 2. The highest BCUT2D eigenvalue weighted by Crippen LogP contribution is 2.21. The summed E-state index contributed by atoms with van der Waals surface area (Å²) in [5, 5.41) is 6.21. The van der Waals surface area contributed by atoms with Crippen LogP contribution in [0.1, 0.15) is 28.5 Å². The van der Waals surface area contributed by atoms with E-state index in [0.29, 0.717) is 12.3 Å². The Balaban J connectivity index is 1.72. The van der Waals surface area contributed by atoms with Crippen LogP contribution >= 0.6 is 0 Å². The smallest absolute Gasteiger partial charge is 0.274 e. The number of anilines is 3. The number of hydrogen-bond acceptors (Lipinski definition) is 4. The van der Waals surface area contributed by atoms with Crippen molar-refractivity contribution in [3.63, 3.8) is 0 Å². The molecule has 27 heavy (non-hydrogen) atoms. The lowest BCUT2D eigenvalue weighted by Crippen LogP contribution is -2.14. The van der Waals surface area contributed by atoms with Crippen LogP contribution in [-0.4, -0.2) is 17.5 Å². The number of carbonyl (C=O) groups excluding carboxylic acids is 1. The monoisotopic (exact) mass is 361 g/mol. The number of ether oxygens (including phenoxy) is 1. The van der Waals surface area contributed by atoms with E-state index in [-0.39, 0.29) is 5.91 Å². The third kappa shape index (κ3) is 4.85. The predicted octanol–water partition coefficient (Wildman–Crippen LogP) is 5.09. The fraction of sp³-hybridized carbons (Fsp3) is 0.182. The third-order valence-corrected chi connectivity index (χ3v) is 4.09. The van der Waals surface area contributed by atoms with Crippen LogP contribution in [-0.2, 0) is 0 Å². The molecule has 0 saturated heterocycles. The van der Waals surface area contributed by atoms with Gasteiger partial charge in [-0.2, -0.15) is 0 Å². The molecule has 0 bridgehead atoms. The summed E-state index contributed by atoms with van der Waals surface area (Å²) in [6, 6.07) is 17.2. The van der Waals surface area contributed by atoms with E-state index in [2.05, 4.69) is 15.6 Å². The van der Waals surface area contributed by atoms with Crippen molar-refractivity contribution < 1.29 is 9.53 Å². The molecule has 2 aromatic carbocycles. The topological polar surface area (TPSA) is 63.2 Å². The molecule has 1 amide bonds. The number of amides is 1. The Morgan fingerprint density at radius 2 is 1.78 bits per heavy atom. The maximum absolute atomic E-state index is 12.6. The van der Waals surface area contributed by atoms with E-state index in [1.807, 2.05) is 69.3 Å². The summed E-state index contributed by atoms with van der Waals surface area (Å²) < 4.78 is 5.45. The van der Waals surface area contributed by atoms with E-state index in [4.69, 9.17) is 4.74 Å². The molecule has 0 unspecified atom stereocenters. The minimum atomic E-state index is -0.237. The largest absolute Gasteiger partial charge is 0.494 e. The van der Waals surface area contributed by atoms with Crippen LogP contribution in [0.25, 0.3) is 0 Å². The Hall–Kier alpha value is -3.34. The van der Waals surface area contributed by atoms with E-state index in [1.54, 1.807) is 12.3 Å². The lowest BCUT2D eigenvalue weighted by atomic mass is 10.1. The second-order valence-electron chi connectivity index (χ2n) is 6.28. The van der Waals surface area contributed by atoms with Gasteiger partial charge in [0.1, 0.15) is 11.4 Å². The average molecular weight is 361 g/mol. The van der Waals surface area contributed by atoms with Gasteiger partial charge in [-0.25, -0.2) is 0 Å². The molecule has 138 valence electrons. The van der Waals surface area contributed by atoms with Crippen LogP contribution < -0.4 is 15.4 Å². The molecule has 3 rings (SSSR count). The molecular formula is C22H23N3O2. The second kappa shape index (κ2) is 8.36.